The minimum absolute atomic E-state index is 0.114. The fraction of sp³-hybridized carbons (Fsp3) is 0.714. The number of primary amides is 1. The Bertz CT molecular complexity index is 429. The first-order chi connectivity index (χ1) is 11.4. The molecule has 8 N–H and O–H groups in total. The maximum absolute atomic E-state index is 12.0. The molecule has 0 aliphatic rings. The minimum Gasteiger partial charge on any atom is -0.368 e. The number of likely N-dealkylation sites (N-methyl/N-ethyl adjacent to an activating group) is 1. The van der Waals surface area contributed by atoms with Crippen LogP contribution in [0.25, 0.3) is 0 Å². The van der Waals surface area contributed by atoms with Gasteiger partial charge in [0.1, 0.15) is 6.04 Å². The molecule has 0 aliphatic carbocycles. The van der Waals surface area contributed by atoms with Gasteiger partial charge in [0, 0.05) is 0 Å². The van der Waals surface area contributed by atoms with Crippen LogP contribution in [0.5, 0.6) is 0 Å². The van der Waals surface area contributed by atoms with Gasteiger partial charge in [0.05, 0.1) is 19.6 Å². The number of carbonyl (C=O) groups is 4. The van der Waals surface area contributed by atoms with Crippen LogP contribution in [0.4, 0.5) is 0 Å². The van der Waals surface area contributed by atoms with E-state index < -0.39 is 23.8 Å². The predicted octanol–water partition coefficient (Wildman–Crippen LogP) is -3.07. The number of rotatable bonds is 13. The summed E-state index contributed by atoms with van der Waals surface area (Å²) < 4.78 is 0. The van der Waals surface area contributed by atoms with Crippen LogP contribution in [0.15, 0.2) is 0 Å². The van der Waals surface area contributed by atoms with Crippen LogP contribution >= 0.6 is 0 Å². The molecule has 0 bridgehead atoms. The Balaban J connectivity index is 4.39. The molecule has 0 radical (unpaired) electrons. The highest BCUT2D eigenvalue weighted by molar-refractivity contribution is 5.91. The molecular formula is C14H28N6O4. The Morgan fingerprint density at radius 3 is 2.25 bits per heavy atom. The third-order valence-corrected chi connectivity index (χ3v) is 3.02. The Morgan fingerprint density at radius 2 is 1.67 bits per heavy atom. The molecule has 0 aromatic rings. The first-order valence-corrected chi connectivity index (χ1v) is 7.93. The molecule has 0 saturated carbocycles. The van der Waals surface area contributed by atoms with Gasteiger partial charge in [-0.25, -0.2) is 0 Å². The van der Waals surface area contributed by atoms with E-state index in [0.29, 0.717) is 32.4 Å². The van der Waals surface area contributed by atoms with Gasteiger partial charge in [0.25, 0.3) is 0 Å². The van der Waals surface area contributed by atoms with E-state index in [0.717, 1.165) is 0 Å². The summed E-state index contributed by atoms with van der Waals surface area (Å²) in [6.45, 7) is 2.55. The Kier molecular flexibility index (Phi) is 12.0. The van der Waals surface area contributed by atoms with Gasteiger partial charge in [-0.1, -0.05) is 6.92 Å². The second-order valence-corrected chi connectivity index (χ2v) is 5.15. The van der Waals surface area contributed by atoms with Crippen LogP contribution in [0, 0.1) is 0 Å². The number of carbonyl (C=O) groups excluding carboxylic acids is 4. The average molecular weight is 344 g/mol. The van der Waals surface area contributed by atoms with E-state index in [-0.39, 0.29) is 25.5 Å². The molecule has 10 heteroatoms. The SMILES string of the molecule is CCNCC(=O)NCC(=O)NC(CCCCN)C(=O)NCC(N)=O. The van der Waals surface area contributed by atoms with Crippen LogP contribution in [0.3, 0.4) is 0 Å². The molecule has 1 unspecified atom stereocenters. The van der Waals surface area contributed by atoms with E-state index in [1.54, 1.807) is 0 Å². The molecule has 138 valence electrons. The molecular weight excluding hydrogens is 316 g/mol. The molecule has 1 atom stereocenters. The first-order valence-electron chi connectivity index (χ1n) is 7.93. The molecule has 0 saturated heterocycles. The van der Waals surface area contributed by atoms with Gasteiger partial charge in [-0.2, -0.15) is 0 Å². The van der Waals surface area contributed by atoms with Crippen LogP contribution in [-0.4, -0.2) is 62.4 Å². The van der Waals surface area contributed by atoms with E-state index in [1.807, 2.05) is 6.92 Å². The summed E-state index contributed by atoms with van der Waals surface area (Å²) in [5, 5.41) is 10.2. The highest BCUT2D eigenvalue weighted by Crippen LogP contribution is 2.00. The number of amides is 4. The van der Waals surface area contributed by atoms with Crippen molar-refractivity contribution < 1.29 is 19.2 Å². The summed E-state index contributed by atoms with van der Waals surface area (Å²) in [6.07, 6.45) is 1.71. The lowest BCUT2D eigenvalue weighted by molar-refractivity contribution is -0.130. The van der Waals surface area contributed by atoms with Crippen molar-refractivity contribution in [3.05, 3.63) is 0 Å². The van der Waals surface area contributed by atoms with Gasteiger partial charge in [-0.05, 0) is 32.4 Å². The second-order valence-electron chi connectivity index (χ2n) is 5.15. The first kappa shape index (κ1) is 21.8. The minimum atomic E-state index is -0.811. The molecule has 0 aromatic heterocycles. The molecule has 0 spiro atoms. The van der Waals surface area contributed by atoms with Crippen molar-refractivity contribution in [3.8, 4) is 0 Å². The van der Waals surface area contributed by atoms with Gasteiger partial charge in [-0.15, -0.1) is 0 Å². The molecule has 0 heterocycles. The number of nitrogens with two attached hydrogens (primary N) is 2. The lowest BCUT2D eigenvalue weighted by Gasteiger charge is -2.18. The molecule has 0 aromatic carbocycles. The predicted molar refractivity (Wildman–Crippen MR) is 88.6 cm³/mol. The van der Waals surface area contributed by atoms with Crippen molar-refractivity contribution in [2.75, 3.05) is 32.7 Å². The molecule has 24 heavy (non-hydrogen) atoms. The third-order valence-electron chi connectivity index (χ3n) is 3.02. The number of hydrogen-bond acceptors (Lipinski definition) is 6. The maximum atomic E-state index is 12.0. The van der Waals surface area contributed by atoms with Crippen LogP contribution in [0.1, 0.15) is 26.2 Å². The number of nitrogens with one attached hydrogen (secondary N) is 4. The zero-order chi connectivity index (χ0) is 18.4. The summed E-state index contributed by atoms with van der Waals surface area (Å²) in [5.74, 6) is -1.99. The van der Waals surface area contributed by atoms with Crippen molar-refractivity contribution in [1.82, 2.24) is 21.3 Å². The zero-order valence-corrected chi connectivity index (χ0v) is 14.0. The lowest BCUT2D eigenvalue weighted by atomic mass is 10.1. The smallest absolute Gasteiger partial charge is 0.243 e. The third kappa shape index (κ3) is 11.4. The van der Waals surface area contributed by atoms with Gasteiger partial charge in [0.2, 0.25) is 23.6 Å². The molecule has 10 nitrogen and oxygen atoms in total. The summed E-state index contributed by atoms with van der Waals surface area (Å²) >= 11 is 0. The summed E-state index contributed by atoms with van der Waals surface area (Å²) in [4.78, 5) is 46.0. The zero-order valence-electron chi connectivity index (χ0n) is 14.0. The fourth-order valence-corrected chi connectivity index (χ4v) is 1.78. The second kappa shape index (κ2) is 13.3. The van der Waals surface area contributed by atoms with Gasteiger partial charge in [0.15, 0.2) is 0 Å². The Morgan fingerprint density at radius 1 is 0.958 bits per heavy atom. The van der Waals surface area contributed by atoms with Crippen LogP contribution < -0.4 is 32.7 Å². The summed E-state index contributed by atoms with van der Waals surface area (Å²) in [7, 11) is 0. The standard InChI is InChI=1S/C14H28N6O4/c1-2-17-8-12(22)18-9-13(23)20-10(5-3-4-6-15)14(24)19-7-11(16)21/h10,17H,2-9,15H2,1H3,(H2,16,21)(H,18,22)(H,19,24)(H,20,23). The molecule has 0 rings (SSSR count). The van der Waals surface area contributed by atoms with Crippen molar-refractivity contribution in [1.29, 1.82) is 0 Å². The van der Waals surface area contributed by atoms with E-state index in [1.165, 1.54) is 0 Å². The van der Waals surface area contributed by atoms with Crippen molar-refractivity contribution in [2.45, 2.75) is 32.2 Å². The highest BCUT2D eigenvalue weighted by atomic mass is 16.2. The van der Waals surface area contributed by atoms with E-state index in [2.05, 4.69) is 21.3 Å². The largest absolute Gasteiger partial charge is 0.368 e. The van der Waals surface area contributed by atoms with E-state index in [4.69, 9.17) is 11.5 Å². The van der Waals surface area contributed by atoms with Crippen LogP contribution in [-0.2, 0) is 19.2 Å². The van der Waals surface area contributed by atoms with Gasteiger partial charge >= 0.3 is 0 Å². The molecule has 0 fully saturated rings. The lowest BCUT2D eigenvalue weighted by Crippen LogP contribution is -2.51. The van der Waals surface area contributed by atoms with Crippen LogP contribution in [0.2, 0.25) is 0 Å². The van der Waals surface area contributed by atoms with Gasteiger partial charge in [-0.3, -0.25) is 19.2 Å². The maximum Gasteiger partial charge on any atom is 0.243 e. The molecule has 4 amide bonds. The topological polar surface area (TPSA) is 168 Å². The van der Waals surface area contributed by atoms with E-state index in [9.17, 15) is 19.2 Å². The normalized spacial score (nSPS) is 11.4. The summed E-state index contributed by atoms with van der Waals surface area (Å²) in [5.41, 5.74) is 10.4. The highest BCUT2D eigenvalue weighted by Gasteiger charge is 2.20. The fourth-order valence-electron chi connectivity index (χ4n) is 1.78. The van der Waals surface area contributed by atoms with E-state index >= 15 is 0 Å². The average Bonchev–Trinajstić information content (AvgIpc) is 2.55. The summed E-state index contributed by atoms with van der Waals surface area (Å²) in [6, 6.07) is -0.811. The number of hydrogen-bond donors (Lipinski definition) is 6. The Labute approximate surface area is 141 Å². The monoisotopic (exact) mass is 344 g/mol. The van der Waals surface area contributed by atoms with Crippen molar-refractivity contribution in [2.24, 2.45) is 11.5 Å². The quantitative estimate of drug-likeness (QED) is 0.194. The van der Waals surface area contributed by atoms with Crippen molar-refractivity contribution in [3.63, 3.8) is 0 Å². The van der Waals surface area contributed by atoms with Gasteiger partial charge < -0.3 is 32.7 Å². The molecule has 0 aliphatic heterocycles. The Hall–Kier alpha value is -2.20. The van der Waals surface area contributed by atoms with Crippen molar-refractivity contribution >= 4 is 23.6 Å². The number of unbranched alkanes of at least 4 members (excludes halogenated alkanes) is 1.